The van der Waals surface area contributed by atoms with Crippen molar-refractivity contribution in [1.29, 1.82) is 0 Å². The molecule has 0 aromatic heterocycles. The van der Waals surface area contributed by atoms with Gasteiger partial charge in [0.15, 0.2) is 0 Å². The van der Waals surface area contributed by atoms with Crippen LogP contribution in [0.4, 0.5) is 0 Å². The van der Waals surface area contributed by atoms with Crippen molar-refractivity contribution in [3.05, 3.63) is 35.9 Å². The molecule has 1 atom stereocenters. The molecule has 1 aromatic carbocycles. The average Bonchev–Trinajstić information content (AvgIpc) is 2.16. The third kappa shape index (κ3) is 4.96. The summed E-state index contributed by atoms with van der Waals surface area (Å²) >= 11 is 0. The highest BCUT2D eigenvalue weighted by molar-refractivity contribution is 5.16. The number of aliphatic hydroxyl groups excluding tert-OH is 1. The van der Waals surface area contributed by atoms with Gasteiger partial charge < -0.3 is 10.4 Å². The van der Waals surface area contributed by atoms with Crippen LogP contribution in [-0.4, -0.2) is 23.3 Å². The summed E-state index contributed by atoms with van der Waals surface area (Å²) in [4.78, 5) is 0. The molecule has 0 heterocycles. The maximum atomic E-state index is 9.29. The fourth-order valence-corrected chi connectivity index (χ4v) is 1.67. The van der Waals surface area contributed by atoms with Crippen LogP contribution in [0.5, 0.6) is 0 Å². The lowest BCUT2D eigenvalue weighted by molar-refractivity contribution is 0.215. The van der Waals surface area contributed by atoms with Gasteiger partial charge in [-0.3, -0.25) is 0 Å². The SMILES string of the molecule is CC(C)(C)N[C@H](CO)Cc1ccccc1. The second-order valence-corrected chi connectivity index (χ2v) is 4.96. The number of nitrogens with one attached hydrogen (secondary N) is 1. The molecule has 0 bridgehead atoms. The van der Waals surface area contributed by atoms with Gasteiger partial charge in [0.25, 0.3) is 0 Å². The monoisotopic (exact) mass is 207 g/mol. The third-order valence-corrected chi connectivity index (χ3v) is 2.18. The minimum absolute atomic E-state index is 0.0438. The van der Waals surface area contributed by atoms with E-state index < -0.39 is 0 Å². The van der Waals surface area contributed by atoms with Crippen molar-refractivity contribution < 1.29 is 5.11 Å². The maximum absolute atomic E-state index is 9.29. The average molecular weight is 207 g/mol. The second-order valence-electron chi connectivity index (χ2n) is 4.96. The van der Waals surface area contributed by atoms with Gasteiger partial charge in [0.05, 0.1) is 6.61 Å². The van der Waals surface area contributed by atoms with Crippen molar-refractivity contribution in [2.45, 2.75) is 38.8 Å². The van der Waals surface area contributed by atoms with Crippen LogP contribution in [0.1, 0.15) is 26.3 Å². The molecule has 0 spiro atoms. The van der Waals surface area contributed by atoms with Crippen LogP contribution in [0.15, 0.2) is 30.3 Å². The quantitative estimate of drug-likeness (QED) is 0.791. The molecule has 15 heavy (non-hydrogen) atoms. The van der Waals surface area contributed by atoms with Crippen LogP contribution in [0.25, 0.3) is 0 Å². The van der Waals surface area contributed by atoms with E-state index in [4.69, 9.17) is 0 Å². The first-order valence-corrected chi connectivity index (χ1v) is 5.44. The van der Waals surface area contributed by atoms with E-state index in [0.29, 0.717) is 0 Å². The molecule has 2 nitrogen and oxygen atoms in total. The first-order chi connectivity index (χ1) is 7.01. The molecule has 0 radical (unpaired) electrons. The molecular weight excluding hydrogens is 186 g/mol. The van der Waals surface area contributed by atoms with Crippen LogP contribution in [-0.2, 0) is 6.42 Å². The summed E-state index contributed by atoms with van der Waals surface area (Å²) in [7, 11) is 0. The standard InChI is InChI=1S/C13H21NO/c1-13(2,3)14-12(10-15)9-11-7-5-4-6-8-11/h4-8,12,14-15H,9-10H2,1-3H3/t12-/m0/s1. The Balaban J connectivity index is 2.55. The Morgan fingerprint density at radius 3 is 2.27 bits per heavy atom. The Kier molecular flexibility index (Phi) is 4.30. The Hall–Kier alpha value is -0.860. The maximum Gasteiger partial charge on any atom is 0.0588 e. The van der Waals surface area contributed by atoms with Crippen molar-refractivity contribution in [3.8, 4) is 0 Å². The molecule has 2 N–H and O–H groups in total. The number of hydrogen-bond acceptors (Lipinski definition) is 2. The normalized spacial score (nSPS) is 13.9. The van der Waals surface area contributed by atoms with Crippen LogP contribution in [0, 0.1) is 0 Å². The molecule has 1 aromatic rings. The molecule has 2 heteroatoms. The van der Waals surface area contributed by atoms with E-state index in [1.54, 1.807) is 0 Å². The Bertz CT molecular complexity index is 276. The molecule has 0 aliphatic heterocycles. The van der Waals surface area contributed by atoms with Gasteiger partial charge in [0.2, 0.25) is 0 Å². The molecule has 1 rings (SSSR count). The summed E-state index contributed by atoms with van der Waals surface area (Å²) in [5, 5.41) is 12.7. The fraction of sp³-hybridized carbons (Fsp3) is 0.538. The number of benzene rings is 1. The molecule has 0 unspecified atom stereocenters. The largest absolute Gasteiger partial charge is 0.395 e. The highest BCUT2D eigenvalue weighted by Crippen LogP contribution is 2.07. The first-order valence-electron chi connectivity index (χ1n) is 5.44. The minimum Gasteiger partial charge on any atom is -0.395 e. The van der Waals surface area contributed by atoms with Crippen molar-refractivity contribution in [2.75, 3.05) is 6.61 Å². The summed E-state index contributed by atoms with van der Waals surface area (Å²) in [6.07, 6.45) is 0.870. The van der Waals surface area contributed by atoms with Gasteiger partial charge >= 0.3 is 0 Å². The van der Waals surface area contributed by atoms with Crippen LogP contribution >= 0.6 is 0 Å². The minimum atomic E-state index is 0.0438. The Morgan fingerprint density at radius 2 is 1.80 bits per heavy atom. The molecule has 84 valence electrons. The second kappa shape index (κ2) is 5.29. The van der Waals surface area contributed by atoms with Gasteiger partial charge in [0.1, 0.15) is 0 Å². The molecule has 0 aliphatic rings. The third-order valence-electron chi connectivity index (χ3n) is 2.18. The Morgan fingerprint density at radius 1 is 1.20 bits per heavy atom. The lowest BCUT2D eigenvalue weighted by Gasteiger charge is -2.27. The summed E-state index contributed by atoms with van der Waals surface area (Å²) in [5.41, 5.74) is 1.30. The molecule has 0 saturated carbocycles. The summed E-state index contributed by atoms with van der Waals surface area (Å²) in [5.74, 6) is 0. The van der Waals surface area contributed by atoms with Crippen LogP contribution < -0.4 is 5.32 Å². The highest BCUT2D eigenvalue weighted by atomic mass is 16.3. The van der Waals surface area contributed by atoms with Gasteiger partial charge in [-0.05, 0) is 32.8 Å². The number of aliphatic hydroxyl groups is 1. The number of hydrogen-bond donors (Lipinski definition) is 2. The molecule has 0 fully saturated rings. The first kappa shape index (κ1) is 12.2. The van der Waals surface area contributed by atoms with Gasteiger partial charge in [-0.2, -0.15) is 0 Å². The lowest BCUT2D eigenvalue weighted by Crippen LogP contribution is -2.46. The smallest absolute Gasteiger partial charge is 0.0588 e. The summed E-state index contributed by atoms with van der Waals surface area (Å²) in [6.45, 7) is 6.51. The van der Waals surface area contributed by atoms with Crippen molar-refractivity contribution in [3.63, 3.8) is 0 Å². The van der Waals surface area contributed by atoms with Crippen LogP contribution in [0.2, 0.25) is 0 Å². The van der Waals surface area contributed by atoms with Crippen molar-refractivity contribution in [2.24, 2.45) is 0 Å². The van der Waals surface area contributed by atoms with E-state index in [2.05, 4.69) is 38.2 Å². The van der Waals surface area contributed by atoms with Crippen molar-refractivity contribution >= 4 is 0 Å². The molecule has 0 saturated heterocycles. The zero-order chi connectivity index (χ0) is 11.3. The zero-order valence-electron chi connectivity index (χ0n) is 9.83. The number of rotatable bonds is 4. The molecule has 0 aliphatic carbocycles. The van der Waals surface area contributed by atoms with Gasteiger partial charge in [-0.1, -0.05) is 30.3 Å². The summed E-state index contributed by atoms with van der Waals surface area (Å²) < 4.78 is 0. The predicted molar refractivity (Wildman–Crippen MR) is 63.9 cm³/mol. The van der Waals surface area contributed by atoms with Crippen LogP contribution in [0.3, 0.4) is 0 Å². The highest BCUT2D eigenvalue weighted by Gasteiger charge is 2.16. The van der Waals surface area contributed by atoms with E-state index in [0.717, 1.165) is 6.42 Å². The van der Waals surface area contributed by atoms with E-state index >= 15 is 0 Å². The molecular formula is C13H21NO. The van der Waals surface area contributed by atoms with E-state index in [-0.39, 0.29) is 18.2 Å². The Labute approximate surface area is 92.3 Å². The summed E-state index contributed by atoms with van der Waals surface area (Å²) in [6, 6.07) is 10.4. The predicted octanol–water partition coefficient (Wildman–Crippen LogP) is 1.98. The van der Waals surface area contributed by atoms with Gasteiger partial charge in [-0.25, -0.2) is 0 Å². The van der Waals surface area contributed by atoms with E-state index in [1.807, 2.05) is 18.2 Å². The lowest BCUT2D eigenvalue weighted by atomic mass is 10.0. The van der Waals surface area contributed by atoms with E-state index in [9.17, 15) is 5.11 Å². The zero-order valence-corrected chi connectivity index (χ0v) is 9.83. The van der Waals surface area contributed by atoms with Crippen molar-refractivity contribution in [1.82, 2.24) is 5.32 Å². The molecule has 0 amide bonds. The van der Waals surface area contributed by atoms with Gasteiger partial charge in [0, 0.05) is 11.6 Å². The van der Waals surface area contributed by atoms with Gasteiger partial charge in [-0.15, -0.1) is 0 Å². The fourth-order valence-electron chi connectivity index (χ4n) is 1.67. The van der Waals surface area contributed by atoms with E-state index in [1.165, 1.54) is 5.56 Å². The topological polar surface area (TPSA) is 32.3 Å².